The van der Waals surface area contributed by atoms with Gasteiger partial charge in [-0.3, -0.25) is 4.79 Å². The molecule has 0 aromatic heterocycles. The second kappa shape index (κ2) is 9.34. The highest BCUT2D eigenvalue weighted by atomic mass is 32.2. The summed E-state index contributed by atoms with van der Waals surface area (Å²) in [4.78, 5) is 12.7. The first kappa shape index (κ1) is 23.5. The first-order valence-electron chi connectivity index (χ1n) is 10.1. The highest BCUT2D eigenvalue weighted by Crippen LogP contribution is 2.43. The molecular weight excluding hydrogens is 388 g/mol. The molecule has 0 aliphatic heterocycles. The Kier molecular flexibility index (Phi) is 7.83. The molecule has 0 heterocycles. The van der Waals surface area contributed by atoms with E-state index >= 15 is 0 Å². The van der Waals surface area contributed by atoms with Gasteiger partial charge in [0.1, 0.15) is 5.75 Å². The fourth-order valence-electron chi connectivity index (χ4n) is 3.68. The molecule has 158 valence electrons. The Balaban J connectivity index is 2.16. The van der Waals surface area contributed by atoms with Gasteiger partial charge in [0, 0.05) is 27.0 Å². The Bertz CT molecular complexity index is 651. The van der Waals surface area contributed by atoms with E-state index in [0.717, 1.165) is 16.9 Å². The molecule has 0 saturated heterocycles. The zero-order chi connectivity index (χ0) is 21.1. The molecule has 1 unspecified atom stereocenters. The Hall–Kier alpha value is -0.810. The standard InChI is InChI=1S/C23H36O3S2/c1-22(2,3)17-11-16(12-18(21(17)25)23(4,5)6)27-13-15-9-8-10-19(15)28-14-20(24)26-7/h11-12,15,19,25H,8-10,13-14H2,1-7H3/t15?,19-/m1/s1. The maximum absolute atomic E-state index is 11.5. The van der Waals surface area contributed by atoms with E-state index in [1.807, 2.05) is 11.8 Å². The van der Waals surface area contributed by atoms with E-state index < -0.39 is 0 Å². The first-order chi connectivity index (χ1) is 12.9. The lowest BCUT2D eigenvalue weighted by atomic mass is 9.79. The average molecular weight is 425 g/mol. The summed E-state index contributed by atoms with van der Waals surface area (Å²) in [6, 6.07) is 4.33. The van der Waals surface area contributed by atoms with Crippen molar-refractivity contribution in [2.45, 2.75) is 81.8 Å². The lowest BCUT2D eigenvalue weighted by Gasteiger charge is -2.28. The molecule has 3 nitrogen and oxygen atoms in total. The number of rotatable bonds is 6. The number of phenolic OH excluding ortho intramolecular Hbond substituents is 1. The van der Waals surface area contributed by atoms with Gasteiger partial charge >= 0.3 is 5.97 Å². The van der Waals surface area contributed by atoms with Gasteiger partial charge in [0.15, 0.2) is 0 Å². The third-order valence-corrected chi connectivity index (χ3v) is 8.01. The molecule has 0 amide bonds. The third-order valence-electron chi connectivity index (χ3n) is 5.40. The van der Waals surface area contributed by atoms with Crippen molar-refractivity contribution in [1.82, 2.24) is 0 Å². The molecule has 0 bridgehead atoms. The zero-order valence-corrected chi connectivity index (χ0v) is 20.1. The highest BCUT2D eigenvalue weighted by Gasteiger charge is 2.30. The number of hydrogen-bond acceptors (Lipinski definition) is 5. The van der Waals surface area contributed by atoms with Crippen LogP contribution in [0.15, 0.2) is 17.0 Å². The molecule has 1 fully saturated rings. The molecule has 28 heavy (non-hydrogen) atoms. The monoisotopic (exact) mass is 424 g/mol. The van der Waals surface area contributed by atoms with Gasteiger partial charge in [-0.15, -0.1) is 23.5 Å². The SMILES string of the molecule is COC(=O)CS[C@@H]1CCCC1CSc1cc(C(C)(C)C)c(O)c(C(C)(C)C)c1. The van der Waals surface area contributed by atoms with E-state index in [0.29, 0.717) is 22.7 Å². The van der Waals surface area contributed by atoms with Crippen LogP contribution in [-0.2, 0) is 20.4 Å². The van der Waals surface area contributed by atoms with Gasteiger partial charge in [-0.25, -0.2) is 0 Å². The van der Waals surface area contributed by atoms with Gasteiger partial charge in [0.2, 0.25) is 0 Å². The molecule has 1 aromatic carbocycles. The van der Waals surface area contributed by atoms with Crippen LogP contribution in [0.25, 0.3) is 0 Å². The highest BCUT2D eigenvalue weighted by molar-refractivity contribution is 8.01. The van der Waals surface area contributed by atoms with Crippen molar-refractivity contribution in [3.05, 3.63) is 23.3 Å². The molecule has 0 spiro atoms. The third kappa shape index (κ3) is 6.09. The molecule has 1 aromatic rings. The van der Waals surface area contributed by atoms with Crippen LogP contribution in [0.4, 0.5) is 0 Å². The number of aromatic hydroxyl groups is 1. The summed E-state index contributed by atoms with van der Waals surface area (Å²) < 4.78 is 4.79. The summed E-state index contributed by atoms with van der Waals surface area (Å²) in [6.07, 6.45) is 3.64. The van der Waals surface area contributed by atoms with Gasteiger partial charge in [-0.1, -0.05) is 48.0 Å². The number of benzene rings is 1. The Morgan fingerprint density at radius 2 is 1.68 bits per heavy atom. The number of hydrogen-bond donors (Lipinski definition) is 1. The summed E-state index contributed by atoms with van der Waals surface area (Å²) in [6.45, 7) is 12.9. The van der Waals surface area contributed by atoms with Gasteiger partial charge in [0.25, 0.3) is 0 Å². The van der Waals surface area contributed by atoms with Crippen LogP contribution in [0.2, 0.25) is 0 Å². The number of carbonyl (C=O) groups is 1. The van der Waals surface area contributed by atoms with Gasteiger partial charge in [0.05, 0.1) is 12.9 Å². The van der Waals surface area contributed by atoms with Crippen molar-refractivity contribution in [2.24, 2.45) is 5.92 Å². The Morgan fingerprint density at radius 3 is 2.18 bits per heavy atom. The number of thioether (sulfide) groups is 2. The van der Waals surface area contributed by atoms with Crippen molar-refractivity contribution >= 4 is 29.5 Å². The lowest BCUT2D eigenvalue weighted by molar-refractivity contribution is -0.137. The molecule has 0 radical (unpaired) electrons. The largest absolute Gasteiger partial charge is 0.507 e. The second-order valence-corrected chi connectivity index (χ2v) is 12.1. The van der Waals surface area contributed by atoms with Gasteiger partial charge < -0.3 is 9.84 Å². The Labute approximate surface area is 179 Å². The van der Waals surface area contributed by atoms with Crippen LogP contribution in [0, 0.1) is 5.92 Å². The summed E-state index contributed by atoms with van der Waals surface area (Å²) in [5, 5.41) is 11.4. The van der Waals surface area contributed by atoms with Crippen LogP contribution < -0.4 is 0 Å². The second-order valence-electron chi connectivity index (χ2n) is 9.79. The van der Waals surface area contributed by atoms with Gasteiger partial charge in [-0.2, -0.15) is 0 Å². The van der Waals surface area contributed by atoms with Crippen molar-refractivity contribution < 1.29 is 14.6 Å². The minimum atomic E-state index is -0.133. The smallest absolute Gasteiger partial charge is 0.315 e. The van der Waals surface area contributed by atoms with Crippen LogP contribution in [-0.4, -0.2) is 34.9 Å². The van der Waals surface area contributed by atoms with Crippen molar-refractivity contribution in [3.63, 3.8) is 0 Å². The summed E-state index contributed by atoms with van der Waals surface area (Å²) in [5.74, 6) is 2.42. The van der Waals surface area contributed by atoms with E-state index in [4.69, 9.17) is 4.74 Å². The molecule has 2 atom stereocenters. The predicted octanol–water partition coefficient (Wildman–Crippen LogP) is 6.15. The molecule has 1 N–H and O–H groups in total. The summed E-state index contributed by atoms with van der Waals surface area (Å²) in [5.41, 5.74) is 1.83. The minimum absolute atomic E-state index is 0.104. The molecule has 1 saturated carbocycles. The number of ether oxygens (including phenoxy) is 1. The van der Waals surface area contributed by atoms with Crippen LogP contribution in [0.1, 0.15) is 71.9 Å². The van der Waals surface area contributed by atoms with Crippen LogP contribution in [0.5, 0.6) is 5.75 Å². The predicted molar refractivity (Wildman–Crippen MR) is 122 cm³/mol. The topological polar surface area (TPSA) is 46.5 Å². The van der Waals surface area contributed by atoms with E-state index in [9.17, 15) is 9.90 Å². The molecule has 1 aliphatic rings. The number of methoxy groups -OCH3 is 1. The molecule has 2 rings (SSSR count). The lowest BCUT2D eigenvalue weighted by Crippen LogP contribution is -2.18. The quantitative estimate of drug-likeness (QED) is 0.438. The molecular formula is C23H36O3S2. The summed E-state index contributed by atoms with van der Waals surface area (Å²) in [7, 11) is 1.45. The van der Waals surface area contributed by atoms with Crippen LogP contribution >= 0.6 is 23.5 Å². The van der Waals surface area contributed by atoms with Crippen molar-refractivity contribution in [3.8, 4) is 5.75 Å². The number of carbonyl (C=O) groups excluding carboxylic acids is 1. The van der Waals surface area contributed by atoms with Crippen molar-refractivity contribution in [2.75, 3.05) is 18.6 Å². The van der Waals surface area contributed by atoms with Gasteiger partial charge in [-0.05, 0) is 41.7 Å². The first-order valence-corrected chi connectivity index (χ1v) is 12.2. The van der Waals surface area contributed by atoms with E-state index in [1.165, 1.54) is 31.3 Å². The van der Waals surface area contributed by atoms with E-state index in [1.54, 1.807) is 11.8 Å². The molecule has 1 aliphatic carbocycles. The average Bonchev–Trinajstić information content (AvgIpc) is 3.04. The zero-order valence-electron chi connectivity index (χ0n) is 18.4. The fourth-order valence-corrected chi connectivity index (χ4v) is 6.32. The maximum Gasteiger partial charge on any atom is 0.315 e. The summed E-state index contributed by atoms with van der Waals surface area (Å²) >= 11 is 3.64. The van der Waals surface area contributed by atoms with E-state index in [-0.39, 0.29) is 16.8 Å². The van der Waals surface area contributed by atoms with Crippen LogP contribution in [0.3, 0.4) is 0 Å². The Morgan fingerprint density at radius 1 is 1.11 bits per heavy atom. The minimum Gasteiger partial charge on any atom is -0.507 e. The maximum atomic E-state index is 11.5. The molecule has 5 heteroatoms. The number of phenols is 1. The van der Waals surface area contributed by atoms with Crippen molar-refractivity contribution in [1.29, 1.82) is 0 Å². The van der Waals surface area contributed by atoms with E-state index in [2.05, 4.69) is 53.7 Å². The fraction of sp³-hybridized carbons (Fsp3) is 0.696. The normalized spacial score (nSPS) is 20.4. The number of esters is 1.